The summed E-state index contributed by atoms with van der Waals surface area (Å²) in [7, 11) is -2.74. The first-order chi connectivity index (χ1) is 35.0. The van der Waals surface area contributed by atoms with Crippen molar-refractivity contribution in [2.75, 3.05) is 0 Å². The van der Waals surface area contributed by atoms with Gasteiger partial charge < -0.3 is 9.13 Å². The highest BCUT2D eigenvalue weighted by atomic mass is 28.3. The van der Waals surface area contributed by atoms with Crippen LogP contribution in [-0.2, 0) is 5.54 Å². The zero-order valence-electron chi connectivity index (χ0n) is 40.2. The largest absolute Gasteiger partial charge is 0.331 e. The summed E-state index contributed by atoms with van der Waals surface area (Å²) in [6.07, 6.45) is 17.6. The van der Waals surface area contributed by atoms with Gasteiger partial charge in [-0.15, -0.1) is 0 Å². The van der Waals surface area contributed by atoms with Gasteiger partial charge in [0.2, 0.25) is 0 Å². The van der Waals surface area contributed by atoms with Crippen molar-refractivity contribution in [3.8, 4) is 27.9 Å². The van der Waals surface area contributed by atoms with E-state index >= 15 is 0 Å². The number of nitrogens with zero attached hydrogens (tertiary/aromatic N) is 2. The Bertz CT molecular complexity index is 3870. The SMILES string of the molecule is CC1C=CC=CC1[Si](c1ccccc1)(c1ccccc1)c1ccc2c3cc(-c4ccc5c(c4)c4ccccc4n5-c4ccc(-c5ccccc5)cc4)ccc3n(C3(C)C=CC(c4ccccc4)=CC3)c2c1. The van der Waals surface area contributed by atoms with E-state index in [1.165, 1.54) is 92.6 Å². The highest BCUT2D eigenvalue weighted by molar-refractivity contribution is 7.12. The molecule has 0 saturated carbocycles. The van der Waals surface area contributed by atoms with Crippen LogP contribution in [0.5, 0.6) is 0 Å². The Balaban J connectivity index is 1.00. The topological polar surface area (TPSA) is 9.86 Å². The maximum Gasteiger partial charge on any atom is 0.155 e. The third kappa shape index (κ3) is 7.06. The Morgan fingerprint density at radius 3 is 1.62 bits per heavy atom. The first-order valence-electron chi connectivity index (χ1n) is 25.2. The summed E-state index contributed by atoms with van der Waals surface area (Å²) < 4.78 is 5.09. The number of hydrogen-bond donors (Lipinski definition) is 0. The minimum absolute atomic E-state index is 0.315. The van der Waals surface area contributed by atoms with Crippen LogP contribution in [0.15, 0.2) is 267 Å². The molecule has 3 unspecified atom stereocenters. The summed E-state index contributed by atoms with van der Waals surface area (Å²) in [5.74, 6) is 0.364. The molecule has 11 aromatic rings. The minimum atomic E-state index is -2.74. The predicted octanol–water partition coefficient (Wildman–Crippen LogP) is 15.6. The smallest absolute Gasteiger partial charge is 0.155 e. The number of para-hydroxylation sites is 1. The Morgan fingerprint density at radius 1 is 0.437 bits per heavy atom. The number of allylic oxidation sites excluding steroid dienone is 8. The van der Waals surface area contributed by atoms with E-state index < -0.39 is 8.07 Å². The molecule has 2 aliphatic rings. The van der Waals surface area contributed by atoms with Gasteiger partial charge in [0, 0.05) is 38.3 Å². The molecule has 3 atom stereocenters. The quantitative estimate of drug-likeness (QED) is 0.101. The van der Waals surface area contributed by atoms with Crippen LogP contribution in [0, 0.1) is 5.92 Å². The number of aromatic nitrogens is 2. The van der Waals surface area contributed by atoms with Crippen molar-refractivity contribution < 1.29 is 0 Å². The Kier molecular flexibility index (Phi) is 10.4. The zero-order valence-corrected chi connectivity index (χ0v) is 41.2. The molecule has 340 valence electrons. The molecule has 0 spiro atoms. The van der Waals surface area contributed by atoms with E-state index in [0.29, 0.717) is 11.5 Å². The van der Waals surface area contributed by atoms with Crippen molar-refractivity contribution in [1.29, 1.82) is 0 Å². The normalized spacial score (nSPS) is 17.9. The number of fused-ring (bicyclic) bond motifs is 6. The fourth-order valence-electron chi connectivity index (χ4n) is 12.3. The van der Waals surface area contributed by atoms with Crippen molar-refractivity contribution in [3.05, 3.63) is 273 Å². The van der Waals surface area contributed by atoms with Crippen molar-refractivity contribution >= 4 is 72.8 Å². The Labute approximate surface area is 417 Å². The van der Waals surface area contributed by atoms with E-state index in [1.54, 1.807) is 0 Å². The van der Waals surface area contributed by atoms with Gasteiger partial charge in [0.15, 0.2) is 8.07 Å². The molecule has 0 aliphatic heterocycles. The molecule has 0 radical (unpaired) electrons. The maximum atomic E-state index is 2.68. The van der Waals surface area contributed by atoms with Crippen LogP contribution in [0.1, 0.15) is 25.8 Å². The number of hydrogen-bond acceptors (Lipinski definition) is 0. The van der Waals surface area contributed by atoms with Crippen molar-refractivity contribution in [2.45, 2.75) is 31.3 Å². The molecule has 0 amide bonds. The van der Waals surface area contributed by atoms with E-state index in [4.69, 9.17) is 0 Å². The van der Waals surface area contributed by atoms with Crippen LogP contribution < -0.4 is 15.6 Å². The molecule has 71 heavy (non-hydrogen) atoms. The maximum absolute atomic E-state index is 2.74. The average Bonchev–Trinajstić information content (AvgIpc) is 3.96. The van der Waals surface area contributed by atoms with Crippen LogP contribution >= 0.6 is 0 Å². The molecule has 0 bridgehead atoms. The van der Waals surface area contributed by atoms with Gasteiger partial charge in [-0.25, -0.2) is 0 Å². The van der Waals surface area contributed by atoms with Gasteiger partial charge in [-0.2, -0.15) is 0 Å². The first-order valence-corrected chi connectivity index (χ1v) is 27.3. The zero-order chi connectivity index (χ0) is 47.5. The predicted molar refractivity (Wildman–Crippen MR) is 305 cm³/mol. The molecule has 2 aromatic heterocycles. The van der Waals surface area contributed by atoms with Crippen molar-refractivity contribution in [2.24, 2.45) is 5.92 Å². The van der Waals surface area contributed by atoms with Gasteiger partial charge in [-0.3, -0.25) is 0 Å². The van der Waals surface area contributed by atoms with Gasteiger partial charge in [0.05, 0.1) is 16.6 Å². The van der Waals surface area contributed by atoms with Gasteiger partial charge in [0.25, 0.3) is 0 Å². The lowest BCUT2D eigenvalue weighted by atomic mass is 9.87. The van der Waals surface area contributed by atoms with E-state index in [-0.39, 0.29) is 5.54 Å². The molecular formula is C68H54N2Si. The molecule has 0 fully saturated rings. The summed E-state index contributed by atoms with van der Waals surface area (Å²) >= 11 is 0. The van der Waals surface area contributed by atoms with Gasteiger partial charge in [-0.05, 0) is 122 Å². The monoisotopic (exact) mass is 926 g/mol. The van der Waals surface area contributed by atoms with E-state index in [0.717, 1.165) is 12.1 Å². The third-order valence-corrected chi connectivity index (χ3v) is 21.2. The molecule has 9 aromatic carbocycles. The van der Waals surface area contributed by atoms with Crippen molar-refractivity contribution in [1.82, 2.24) is 9.13 Å². The summed E-state index contributed by atoms with van der Waals surface area (Å²) in [4.78, 5) is 0. The number of benzene rings is 9. The Morgan fingerprint density at radius 2 is 0.972 bits per heavy atom. The van der Waals surface area contributed by atoms with E-state index in [9.17, 15) is 0 Å². The summed E-state index contributed by atoms with van der Waals surface area (Å²) in [6, 6.07) is 84.1. The summed E-state index contributed by atoms with van der Waals surface area (Å²) in [5, 5.41) is 9.37. The van der Waals surface area contributed by atoms with E-state index in [1.807, 2.05) is 0 Å². The molecule has 2 heterocycles. The molecule has 13 rings (SSSR count). The molecule has 2 nitrogen and oxygen atoms in total. The molecule has 0 saturated heterocycles. The first kappa shape index (κ1) is 42.8. The second kappa shape index (κ2) is 17.3. The average molecular weight is 927 g/mol. The standard InChI is InChI=1S/C68H54N2Si/c1-48-19-15-18-30-67(48)71(56-24-11-5-12-25-56,57-26-13-6-14-27-57)58-37-38-60-62-46-54(34-40-65(62)70(66(60)47-58)68(2)43-41-52(42-44-68)50-22-9-4-10-23-50)53-33-39-64-61(45-53)59-28-16-17-29-63(59)69(64)55-35-31-51(32-36-55)49-20-7-3-8-21-49/h3-43,45-48,67H,44H2,1-2H3. The fraction of sp³-hybridized carbons (Fsp3) is 0.0882. The van der Waals surface area contributed by atoms with Crippen molar-refractivity contribution in [3.63, 3.8) is 0 Å². The molecule has 0 N–H and O–H groups in total. The lowest BCUT2D eigenvalue weighted by molar-refractivity contribution is 0.438. The van der Waals surface area contributed by atoms with Gasteiger partial charge in [-0.1, -0.05) is 225 Å². The van der Waals surface area contributed by atoms with Gasteiger partial charge in [0.1, 0.15) is 0 Å². The summed E-state index contributed by atoms with van der Waals surface area (Å²) in [6.45, 7) is 4.84. The Hall–Kier alpha value is -8.24. The fourth-order valence-corrected chi connectivity index (χ4v) is 17.9. The van der Waals surface area contributed by atoms with Crippen LogP contribution in [0.2, 0.25) is 5.54 Å². The van der Waals surface area contributed by atoms with Crippen LogP contribution in [0.3, 0.4) is 0 Å². The molecule has 3 heteroatoms. The van der Waals surface area contributed by atoms with Crippen LogP contribution in [-0.4, -0.2) is 17.2 Å². The highest BCUT2D eigenvalue weighted by Crippen LogP contribution is 2.43. The highest BCUT2D eigenvalue weighted by Gasteiger charge is 2.47. The van der Waals surface area contributed by atoms with Crippen LogP contribution in [0.4, 0.5) is 0 Å². The third-order valence-electron chi connectivity index (χ3n) is 15.8. The minimum Gasteiger partial charge on any atom is -0.331 e. The van der Waals surface area contributed by atoms with Gasteiger partial charge >= 0.3 is 0 Å². The van der Waals surface area contributed by atoms with E-state index in [2.05, 4.69) is 290 Å². The molecule has 2 aliphatic carbocycles. The lowest BCUT2D eigenvalue weighted by Gasteiger charge is -2.42. The molecular weight excluding hydrogens is 873 g/mol. The second-order valence-electron chi connectivity index (χ2n) is 19.9. The van der Waals surface area contributed by atoms with Crippen LogP contribution in [0.25, 0.3) is 77.1 Å². The lowest BCUT2D eigenvalue weighted by Crippen LogP contribution is -2.70. The second-order valence-corrected chi connectivity index (χ2v) is 23.9. The summed E-state index contributed by atoms with van der Waals surface area (Å²) in [5.41, 5.74) is 13.5. The number of rotatable bonds is 9.